The van der Waals surface area contributed by atoms with Crippen LogP contribution in [0, 0.1) is 5.82 Å². The normalized spacial score (nSPS) is 14.8. The quantitative estimate of drug-likeness (QED) is 0.782. The Hall–Kier alpha value is -0.580. The van der Waals surface area contributed by atoms with Crippen molar-refractivity contribution in [3.63, 3.8) is 0 Å². The van der Waals surface area contributed by atoms with Gasteiger partial charge in [-0.3, -0.25) is 0 Å². The lowest BCUT2D eigenvalue weighted by Crippen LogP contribution is -2.09. The van der Waals surface area contributed by atoms with Crippen molar-refractivity contribution in [2.75, 3.05) is 6.61 Å². The molecule has 3 N–H and O–H groups in total. The van der Waals surface area contributed by atoms with Gasteiger partial charge < -0.3 is 10.8 Å². The van der Waals surface area contributed by atoms with Crippen molar-refractivity contribution in [3.05, 3.63) is 29.6 Å². The van der Waals surface area contributed by atoms with E-state index in [1.165, 1.54) is 17.8 Å². The molecule has 2 atom stereocenters. The highest BCUT2D eigenvalue weighted by Crippen LogP contribution is 2.33. The molecule has 0 aliphatic rings. The number of hydrogen-bond donors (Lipinski definition) is 2. The number of rotatable bonds is 5. The SMILES string of the molecule is CC(CCO)Sc1c(F)cccc1[C@@H](C)N. The van der Waals surface area contributed by atoms with Crippen molar-refractivity contribution in [1.29, 1.82) is 0 Å². The van der Waals surface area contributed by atoms with Crippen molar-refractivity contribution in [3.8, 4) is 0 Å². The molecule has 1 aromatic carbocycles. The van der Waals surface area contributed by atoms with Crippen molar-refractivity contribution in [1.82, 2.24) is 0 Å². The zero-order valence-corrected chi connectivity index (χ0v) is 10.4. The van der Waals surface area contributed by atoms with Gasteiger partial charge in [0.2, 0.25) is 0 Å². The summed E-state index contributed by atoms with van der Waals surface area (Å²) in [5.74, 6) is -0.232. The van der Waals surface area contributed by atoms with Gasteiger partial charge in [-0.1, -0.05) is 19.1 Å². The highest BCUT2D eigenvalue weighted by Gasteiger charge is 2.14. The minimum atomic E-state index is -0.232. The Morgan fingerprint density at radius 1 is 1.44 bits per heavy atom. The minimum absolute atomic E-state index is 0.121. The van der Waals surface area contributed by atoms with E-state index in [0.717, 1.165) is 5.56 Å². The molecule has 0 saturated heterocycles. The van der Waals surface area contributed by atoms with E-state index in [0.29, 0.717) is 11.3 Å². The number of benzene rings is 1. The van der Waals surface area contributed by atoms with Crippen LogP contribution in [0.5, 0.6) is 0 Å². The summed E-state index contributed by atoms with van der Waals surface area (Å²) in [6, 6.07) is 4.79. The Bertz CT molecular complexity index is 344. The maximum Gasteiger partial charge on any atom is 0.137 e. The second-order valence-electron chi connectivity index (χ2n) is 3.89. The van der Waals surface area contributed by atoms with Crippen LogP contribution in [-0.4, -0.2) is 17.0 Å². The molecule has 1 rings (SSSR count). The predicted octanol–water partition coefficient (Wildman–Crippen LogP) is 2.71. The van der Waals surface area contributed by atoms with E-state index in [1.807, 2.05) is 19.9 Å². The third-order valence-corrected chi connectivity index (χ3v) is 3.65. The molecule has 16 heavy (non-hydrogen) atoms. The molecule has 0 heterocycles. The first-order valence-electron chi connectivity index (χ1n) is 5.37. The lowest BCUT2D eigenvalue weighted by atomic mass is 10.1. The first kappa shape index (κ1) is 13.5. The van der Waals surface area contributed by atoms with Crippen molar-refractivity contribution >= 4 is 11.8 Å². The molecule has 1 aromatic rings. The van der Waals surface area contributed by atoms with Gasteiger partial charge in [0, 0.05) is 22.8 Å². The molecular weight excluding hydrogens is 225 g/mol. The molecule has 0 aliphatic heterocycles. The number of halogens is 1. The van der Waals surface area contributed by atoms with Gasteiger partial charge in [0.05, 0.1) is 0 Å². The number of aliphatic hydroxyl groups is 1. The average molecular weight is 243 g/mol. The zero-order chi connectivity index (χ0) is 12.1. The molecule has 0 spiro atoms. The topological polar surface area (TPSA) is 46.2 Å². The number of nitrogens with two attached hydrogens (primary N) is 1. The van der Waals surface area contributed by atoms with Gasteiger partial charge in [0.1, 0.15) is 5.82 Å². The average Bonchev–Trinajstić information content (AvgIpc) is 2.21. The fourth-order valence-electron chi connectivity index (χ4n) is 1.45. The van der Waals surface area contributed by atoms with Gasteiger partial charge in [-0.15, -0.1) is 11.8 Å². The fraction of sp³-hybridized carbons (Fsp3) is 0.500. The van der Waals surface area contributed by atoms with Gasteiger partial charge >= 0.3 is 0 Å². The number of thioether (sulfide) groups is 1. The third kappa shape index (κ3) is 3.47. The highest BCUT2D eigenvalue weighted by atomic mass is 32.2. The van der Waals surface area contributed by atoms with Crippen LogP contribution in [0.4, 0.5) is 4.39 Å². The standard InChI is InChI=1S/C12H18FNOS/c1-8(6-7-15)16-12-10(9(2)14)4-3-5-11(12)13/h3-5,8-9,15H,6-7,14H2,1-2H3/t8?,9-/m1/s1. The maximum absolute atomic E-state index is 13.7. The largest absolute Gasteiger partial charge is 0.396 e. The Morgan fingerprint density at radius 2 is 2.12 bits per heavy atom. The van der Waals surface area contributed by atoms with E-state index in [1.54, 1.807) is 6.07 Å². The molecule has 0 aliphatic carbocycles. The van der Waals surface area contributed by atoms with Crippen LogP contribution in [0.2, 0.25) is 0 Å². The minimum Gasteiger partial charge on any atom is -0.396 e. The Kier molecular flexibility index (Phi) is 5.25. The molecule has 0 fully saturated rings. The molecule has 0 amide bonds. The van der Waals surface area contributed by atoms with Crippen LogP contribution in [0.25, 0.3) is 0 Å². The molecule has 0 radical (unpaired) electrons. The van der Waals surface area contributed by atoms with Gasteiger partial charge in [0.25, 0.3) is 0 Å². The summed E-state index contributed by atoms with van der Waals surface area (Å²) in [6.07, 6.45) is 0.650. The molecule has 90 valence electrons. The van der Waals surface area contributed by atoms with Crippen molar-refractivity contribution in [2.24, 2.45) is 5.73 Å². The summed E-state index contributed by atoms with van der Waals surface area (Å²) in [4.78, 5) is 0.610. The number of aliphatic hydroxyl groups excluding tert-OH is 1. The van der Waals surface area contributed by atoms with E-state index in [4.69, 9.17) is 10.8 Å². The lowest BCUT2D eigenvalue weighted by Gasteiger charge is -2.16. The first-order chi connectivity index (χ1) is 7.56. The van der Waals surface area contributed by atoms with Gasteiger partial charge in [-0.2, -0.15) is 0 Å². The molecule has 1 unspecified atom stereocenters. The molecule has 0 bridgehead atoms. The summed E-state index contributed by atoms with van der Waals surface area (Å²) < 4.78 is 13.7. The van der Waals surface area contributed by atoms with Crippen LogP contribution >= 0.6 is 11.8 Å². The van der Waals surface area contributed by atoms with Gasteiger partial charge in [0.15, 0.2) is 0 Å². The van der Waals surface area contributed by atoms with E-state index in [-0.39, 0.29) is 23.7 Å². The fourth-order valence-corrected chi connectivity index (χ4v) is 2.65. The Balaban J connectivity index is 2.92. The van der Waals surface area contributed by atoms with E-state index >= 15 is 0 Å². The number of hydrogen-bond acceptors (Lipinski definition) is 3. The van der Waals surface area contributed by atoms with Crippen LogP contribution in [0.3, 0.4) is 0 Å². The van der Waals surface area contributed by atoms with Crippen molar-refractivity contribution < 1.29 is 9.50 Å². The second kappa shape index (κ2) is 6.23. The second-order valence-corrected chi connectivity index (χ2v) is 5.34. The summed E-state index contributed by atoms with van der Waals surface area (Å²) in [7, 11) is 0. The van der Waals surface area contributed by atoms with E-state index in [9.17, 15) is 4.39 Å². The molecule has 2 nitrogen and oxygen atoms in total. The van der Waals surface area contributed by atoms with Crippen molar-refractivity contribution in [2.45, 2.75) is 36.5 Å². The van der Waals surface area contributed by atoms with Gasteiger partial charge in [-0.05, 0) is 25.0 Å². The Labute approximate surface area is 100 Å². The zero-order valence-electron chi connectivity index (χ0n) is 9.61. The maximum atomic E-state index is 13.7. The first-order valence-corrected chi connectivity index (χ1v) is 6.25. The van der Waals surface area contributed by atoms with Crippen LogP contribution in [0.1, 0.15) is 31.9 Å². The third-order valence-electron chi connectivity index (χ3n) is 2.34. The lowest BCUT2D eigenvalue weighted by molar-refractivity contribution is 0.289. The van der Waals surface area contributed by atoms with E-state index < -0.39 is 0 Å². The summed E-state index contributed by atoms with van der Waals surface area (Å²) in [5.41, 5.74) is 6.63. The van der Waals surface area contributed by atoms with Crippen LogP contribution < -0.4 is 5.73 Å². The molecular formula is C12H18FNOS. The van der Waals surface area contributed by atoms with Crippen LogP contribution in [-0.2, 0) is 0 Å². The summed E-state index contributed by atoms with van der Waals surface area (Å²) in [5, 5.41) is 9.01. The molecule has 4 heteroatoms. The Morgan fingerprint density at radius 3 is 2.69 bits per heavy atom. The van der Waals surface area contributed by atoms with E-state index in [2.05, 4.69) is 0 Å². The summed E-state index contributed by atoms with van der Waals surface area (Å²) in [6.45, 7) is 3.93. The molecule has 0 aromatic heterocycles. The smallest absolute Gasteiger partial charge is 0.137 e. The van der Waals surface area contributed by atoms with Gasteiger partial charge in [-0.25, -0.2) is 4.39 Å². The highest BCUT2D eigenvalue weighted by molar-refractivity contribution is 8.00. The predicted molar refractivity (Wildman–Crippen MR) is 66.0 cm³/mol. The summed E-state index contributed by atoms with van der Waals surface area (Å²) >= 11 is 1.43. The molecule has 0 saturated carbocycles. The van der Waals surface area contributed by atoms with Crippen LogP contribution in [0.15, 0.2) is 23.1 Å². The monoisotopic (exact) mass is 243 g/mol.